The highest BCUT2D eigenvalue weighted by Crippen LogP contribution is 2.28. The summed E-state index contributed by atoms with van der Waals surface area (Å²) in [6.45, 7) is 1.04. The summed E-state index contributed by atoms with van der Waals surface area (Å²) in [5, 5.41) is 0. The Hall–Kier alpha value is -1.16. The first-order valence-electron chi connectivity index (χ1n) is 6.37. The van der Waals surface area contributed by atoms with E-state index >= 15 is 0 Å². The summed E-state index contributed by atoms with van der Waals surface area (Å²) >= 11 is 5.37. The maximum Gasteiger partial charge on any atom is 0.178 e. The van der Waals surface area contributed by atoms with E-state index in [0.717, 1.165) is 22.8 Å². The summed E-state index contributed by atoms with van der Waals surface area (Å²) in [6, 6.07) is 2.04. The van der Waals surface area contributed by atoms with Crippen LogP contribution >= 0.6 is 12.2 Å². The Labute approximate surface area is 106 Å². The monoisotopic (exact) mass is 247 g/mol. The number of pyridine rings is 1. The van der Waals surface area contributed by atoms with Crippen molar-refractivity contribution in [2.45, 2.75) is 38.6 Å². The number of nitrogens with zero attached hydrogens (tertiary/aromatic N) is 2. The second kappa shape index (κ2) is 4.61. The molecule has 0 spiro atoms. The van der Waals surface area contributed by atoms with Crippen molar-refractivity contribution in [3.63, 3.8) is 0 Å². The van der Waals surface area contributed by atoms with Crippen molar-refractivity contribution in [2.24, 2.45) is 5.92 Å². The molecule has 1 N–H and O–H groups in total. The smallest absolute Gasteiger partial charge is 0.178 e. The summed E-state index contributed by atoms with van der Waals surface area (Å²) in [4.78, 5) is 7.33. The third-order valence-electron chi connectivity index (χ3n) is 3.81. The van der Waals surface area contributed by atoms with Gasteiger partial charge in [0.25, 0.3) is 0 Å². The lowest BCUT2D eigenvalue weighted by molar-refractivity contribution is 0.461. The lowest BCUT2D eigenvalue weighted by Crippen LogP contribution is -2.03. The molecule has 0 radical (unpaired) electrons. The van der Waals surface area contributed by atoms with Gasteiger partial charge in [-0.05, 0) is 30.6 Å². The van der Waals surface area contributed by atoms with Crippen LogP contribution in [0.2, 0.25) is 0 Å². The fourth-order valence-corrected chi connectivity index (χ4v) is 3.14. The Morgan fingerprint density at radius 2 is 2.24 bits per heavy atom. The van der Waals surface area contributed by atoms with Crippen LogP contribution in [0.25, 0.3) is 11.0 Å². The van der Waals surface area contributed by atoms with Gasteiger partial charge in [-0.3, -0.25) is 4.98 Å². The minimum atomic E-state index is 0.825. The van der Waals surface area contributed by atoms with Crippen LogP contribution in [0.15, 0.2) is 18.5 Å². The van der Waals surface area contributed by atoms with Crippen molar-refractivity contribution in [2.75, 3.05) is 0 Å². The number of hydrogen-bond acceptors (Lipinski definition) is 2. The Kier molecular flexibility index (Phi) is 2.97. The zero-order valence-corrected chi connectivity index (χ0v) is 10.7. The number of H-pyrrole nitrogens is 1. The molecule has 0 saturated heterocycles. The zero-order valence-electron chi connectivity index (χ0n) is 9.85. The van der Waals surface area contributed by atoms with Gasteiger partial charge < -0.3 is 9.55 Å². The van der Waals surface area contributed by atoms with Gasteiger partial charge >= 0.3 is 0 Å². The van der Waals surface area contributed by atoms with Crippen molar-refractivity contribution < 1.29 is 0 Å². The van der Waals surface area contributed by atoms with Crippen LogP contribution in [0.1, 0.15) is 32.1 Å². The van der Waals surface area contributed by atoms with Crippen molar-refractivity contribution >= 4 is 23.3 Å². The van der Waals surface area contributed by atoms with Crippen LogP contribution in [-0.2, 0) is 6.54 Å². The molecule has 17 heavy (non-hydrogen) atoms. The van der Waals surface area contributed by atoms with Crippen LogP contribution < -0.4 is 0 Å². The summed E-state index contributed by atoms with van der Waals surface area (Å²) in [7, 11) is 0. The quantitative estimate of drug-likeness (QED) is 0.839. The molecule has 90 valence electrons. The molecule has 1 aliphatic rings. The second-order valence-corrected chi connectivity index (χ2v) is 5.30. The first kappa shape index (κ1) is 11.0. The van der Waals surface area contributed by atoms with Gasteiger partial charge in [0, 0.05) is 12.7 Å². The topological polar surface area (TPSA) is 33.6 Å². The molecule has 1 saturated carbocycles. The van der Waals surface area contributed by atoms with Crippen molar-refractivity contribution in [3.05, 3.63) is 23.2 Å². The minimum absolute atomic E-state index is 0.825. The van der Waals surface area contributed by atoms with E-state index in [2.05, 4.69) is 14.5 Å². The first-order valence-corrected chi connectivity index (χ1v) is 6.78. The molecule has 2 aromatic heterocycles. The van der Waals surface area contributed by atoms with Gasteiger partial charge in [0.15, 0.2) is 4.77 Å². The molecule has 0 aromatic carbocycles. The highest BCUT2D eigenvalue weighted by Gasteiger charge is 2.15. The van der Waals surface area contributed by atoms with Gasteiger partial charge in [0.05, 0.1) is 17.2 Å². The first-order chi connectivity index (χ1) is 8.34. The van der Waals surface area contributed by atoms with E-state index in [1.165, 1.54) is 37.6 Å². The van der Waals surface area contributed by atoms with E-state index in [9.17, 15) is 0 Å². The van der Waals surface area contributed by atoms with Crippen LogP contribution in [0.3, 0.4) is 0 Å². The normalized spacial score (nSPS) is 16.9. The van der Waals surface area contributed by atoms with Gasteiger partial charge in [-0.25, -0.2) is 0 Å². The average Bonchev–Trinajstić information content (AvgIpc) is 2.93. The molecule has 3 nitrogen and oxygen atoms in total. The number of hydrogen-bond donors (Lipinski definition) is 1. The molecule has 4 heteroatoms. The molecule has 3 rings (SSSR count). The third kappa shape index (κ3) is 2.14. The van der Waals surface area contributed by atoms with E-state index in [1.54, 1.807) is 0 Å². The molecule has 0 amide bonds. The average molecular weight is 247 g/mol. The summed E-state index contributed by atoms with van der Waals surface area (Å²) in [5.74, 6) is 0.906. The SMILES string of the molecule is S=c1[nH]c2cnccc2n1CCC1CCCC1. The van der Waals surface area contributed by atoms with Crippen LogP contribution in [0.4, 0.5) is 0 Å². The standard InChI is InChI=1S/C13H17N3S/c17-13-15-11-9-14-7-5-12(11)16(13)8-6-10-3-1-2-4-10/h5,7,9-10H,1-4,6,8H2,(H,15,17). The zero-order chi connectivity index (χ0) is 11.7. The van der Waals surface area contributed by atoms with Gasteiger partial charge in [-0.15, -0.1) is 0 Å². The van der Waals surface area contributed by atoms with Gasteiger partial charge in [-0.1, -0.05) is 25.7 Å². The summed E-state index contributed by atoms with van der Waals surface area (Å²) in [6.07, 6.45) is 10.5. The summed E-state index contributed by atoms with van der Waals surface area (Å²) in [5.41, 5.74) is 2.23. The lowest BCUT2D eigenvalue weighted by atomic mass is 10.0. The number of imidazole rings is 1. The second-order valence-electron chi connectivity index (χ2n) is 4.91. The molecule has 0 aliphatic heterocycles. The highest BCUT2D eigenvalue weighted by molar-refractivity contribution is 7.71. The molecule has 1 fully saturated rings. The fraction of sp³-hybridized carbons (Fsp3) is 0.538. The molecule has 2 aromatic rings. The number of aryl methyl sites for hydroxylation is 1. The molecule has 0 unspecified atom stereocenters. The minimum Gasteiger partial charge on any atom is -0.329 e. The Morgan fingerprint density at radius 1 is 1.41 bits per heavy atom. The third-order valence-corrected chi connectivity index (χ3v) is 4.13. The predicted molar refractivity (Wildman–Crippen MR) is 71.5 cm³/mol. The number of aromatic nitrogens is 3. The van der Waals surface area contributed by atoms with Crippen LogP contribution in [0.5, 0.6) is 0 Å². The molecular formula is C13H17N3S. The fourth-order valence-electron chi connectivity index (χ4n) is 2.84. The maximum absolute atomic E-state index is 5.37. The van der Waals surface area contributed by atoms with E-state index in [1.807, 2.05) is 18.5 Å². The Morgan fingerprint density at radius 3 is 3.06 bits per heavy atom. The van der Waals surface area contributed by atoms with Crippen molar-refractivity contribution in [1.29, 1.82) is 0 Å². The van der Waals surface area contributed by atoms with E-state index < -0.39 is 0 Å². The molecule has 1 aliphatic carbocycles. The number of nitrogens with one attached hydrogen (secondary N) is 1. The molecular weight excluding hydrogens is 230 g/mol. The van der Waals surface area contributed by atoms with E-state index in [0.29, 0.717) is 0 Å². The maximum atomic E-state index is 5.37. The van der Waals surface area contributed by atoms with Crippen molar-refractivity contribution in [1.82, 2.24) is 14.5 Å². The Bertz CT molecular complexity index is 563. The Balaban J connectivity index is 1.84. The van der Waals surface area contributed by atoms with Crippen molar-refractivity contribution in [3.8, 4) is 0 Å². The number of rotatable bonds is 3. The summed E-state index contributed by atoms with van der Waals surface area (Å²) < 4.78 is 3.04. The largest absolute Gasteiger partial charge is 0.329 e. The number of fused-ring (bicyclic) bond motifs is 1. The van der Waals surface area contributed by atoms with Crippen LogP contribution in [-0.4, -0.2) is 14.5 Å². The highest BCUT2D eigenvalue weighted by atomic mass is 32.1. The van der Waals surface area contributed by atoms with Gasteiger partial charge in [-0.2, -0.15) is 0 Å². The lowest BCUT2D eigenvalue weighted by Gasteiger charge is -2.09. The molecule has 2 heterocycles. The van der Waals surface area contributed by atoms with E-state index in [-0.39, 0.29) is 0 Å². The number of aromatic amines is 1. The van der Waals surface area contributed by atoms with Gasteiger partial charge in [0.2, 0.25) is 0 Å². The van der Waals surface area contributed by atoms with E-state index in [4.69, 9.17) is 12.2 Å². The van der Waals surface area contributed by atoms with Gasteiger partial charge in [0.1, 0.15) is 0 Å². The molecule has 0 bridgehead atoms. The predicted octanol–water partition coefficient (Wildman–Crippen LogP) is 3.67. The van der Waals surface area contributed by atoms with Crippen LogP contribution in [0, 0.1) is 10.7 Å². The molecule has 0 atom stereocenters.